The summed E-state index contributed by atoms with van der Waals surface area (Å²) >= 11 is 0. The van der Waals surface area contributed by atoms with E-state index < -0.39 is 10.9 Å². The summed E-state index contributed by atoms with van der Waals surface area (Å²) in [5.41, 5.74) is 1.13. The van der Waals surface area contributed by atoms with Gasteiger partial charge in [0.05, 0.1) is 21.7 Å². The van der Waals surface area contributed by atoms with Crippen LogP contribution in [0.2, 0.25) is 0 Å². The summed E-state index contributed by atoms with van der Waals surface area (Å²) in [5.74, 6) is -0.594. The quantitative estimate of drug-likeness (QED) is 0.400. The molecule has 0 aliphatic heterocycles. The number of aromatic nitrogens is 4. The minimum Gasteiger partial charge on any atom is -0.457 e. The second-order valence-corrected chi connectivity index (χ2v) is 4.77. The maximum atomic E-state index is 12.2. The van der Waals surface area contributed by atoms with Crippen LogP contribution in [-0.2, 0) is 11.3 Å². The van der Waals surface area contributed by atoms with Crippen LogP contribution >= 0.6 is 0 Å². The molecular weight excluding hydrogens is 314 g/mol. The SMILES string of the molecule is O=C(OCc1ccccc1[N+](=O)[O-])c1cccc(-n2cnnn2)c1. The number of nitro benzene ring substituents is 1. The Morgan fingerprint density at radius 2 is 2.04 bits per heavy atom. The van der Waals surface area contributed by atoms with E-state index in [9.17, 15) is 14.9 Å². The molecule has 0 fully saturated rings. The third-order valence-corrected chi connectivity index (χ3v) is 3.24. The molecule has 120 valence electrons. The molecule has 0 radical (unpaired) electrons. The minimum atomic E-state index is -0.594. The molecule has 2 aromatic carbocycles. The Hall–Kier alpha value is -3.62. The lowest BCUT2D eigenvalue weighted by Gasteiger charge is -2.07. The fourth-order valence-electron chi connectivity index (χ4n) is 2.09. The summed E-state index contributed by atoms with van der Waals surface area (Å²) in [6, 6.07) is 12.7. The zero-order valence-electron chi connectivity index (χ0n) is 12.3. The Labute approximate surface area is 135 Å². The second kappa shape index (κ2) is 6.65. The van der Waals surface area contributed by atoms with E-state index in [-0.39, 0.29) is 12.3 Å². The van der Waals surface area contributed by atoms with E-state index >= 15 is 0 Å². The molecule has 3 rings (SSSR count). The standard InChI is InChI=1S/C15H11N5O4/c21-15(24-9-12-4-1-2-7-14(12)20(22)23)11-5-3-6-13(8-11)19-10-16-17-18-19/h1-8,10H,9H2. The molecule has 0 amide bonds. The van der Waals surface area contributed by atoms with E-state index in [0.29, 0.717) is 16.8 Å². The van der Waals surface area contributed by atoms with E-state index in [1.54, 1.807) is 42.5 Å². The molecule has 0 bridgehead atoms. The highest BCUT2D eigenvalue weighted by Gasteiger charge is 2.15. The summed E-state index contributed by atoms with van der Waals surface area (Å²) in [7, 11) is 0. The van der Waals surface area contributed by atoms with Crippen LogP contribution in [0.5, 0.6) is 0 Å². The first-order valence-electron chi connectivity index (χ1n) is 6.88. The van der Waals surface area contributed by atoms with Crippen molar-refractivity contribution in [1.82, 2.24) is 20.2 Å². The van der Waals surface area contributed by atoms with Crippen LogP contribution in [0, 0.1) is 10.1 Å². The molecule has 0 saturated heterocycles. The average Bonchev–Trinajstić information content (AvgIpc) is 3.14. The lowest BCUT2D eigenvalue weighted by Crippen LogP contribution is -2.07. The molecule has 1 heterocycles. The molecule has 0 spiro atoms. The third-order valence-electron chi connectivity index (χ3n) is 3.24. The van der Waals surface area contributed by atoms with Crippen molar-refractivity contribution in [3.63, 3.8) is 0 Å². The Morgan fingerprint density at radius 3 is 2.79 bits per heavy atom. The van der Waals surface area contributed by atoms with Crippen LogP contribution in [0.1, 0.15) is 15.9 Å². The number of carbonyl (C=O) groups excluding carboxylic acids is 1. The molecule has 9 heteroatoms. The maximum absolute atomic E-state index is 12.2. The number of benzene rings is 2. The highest BCUT2D eigenvalue weighted by Crippen LogP contribution is 2.19. The van der Waals surface area contributed by atoms with Gasteiger partial charge in [-0.2, -0.15) is 0 Å². The number of nitrogens with zero attached hydrogens (tertiary/aromatic N) is 5. The van der Waals surface area contributed by atoms with Crippen molar-refractivity contribution >= 4 is 11.7 Å². The van der Waals surface area contributed by atoms with Gasteiger partial charge < -0.3 is 4.74 Å². The third kappa shape index (κ3) is 3.24. The zero-order chi connectivity index (χ0) is 16.9. The summed E-state index contributed by atoms with van der Waals surface area (Å²) in [4.78, 5) is 22.6. The van der Waals surface area contributed by atoms with Gasteiger partial charge in [-0.3, -0.25) is 10.1 Å². The van der Waals surface area contributed by atoms with E-state index in [0.717, 1.165) is 0 Å². The van der Waals surface area contributed by atoms with E-state index in [2.05, 4.69) is 15.5 Å². The zero-order valence-corrected chi connectivity index (χ0v) is 12.3. The molecule has 0 saturated carbocycles. The first-order chi connectivity index (χ1) is 11.6. The molecule has 0 N–H and O–H groups in total. The summed E-state index contributed by atoms with van der Waals surface area (Å²) in [6.07, 6.45) is 1.40. The topological polar surface area (TPSA) is 113 Å². The molecule has 0 atom stereocenters. The molecule has 0 aliphatic rings. The van der Waals surface area contributed by atoms with Crippen molar-refractivity contribution in [2.45, 2.75) is 6.61 Å². The van der Waals surface area contributed by atoms with Crippen molar-refractivity contribution in [2.75, 3.05) is 0 Å². The van der Waals surface area contributed by atoms with Gasteiger partial charge in [0.25, 0.3) is 5.69 Å². The van der Waals surface area contributed by atoms with Crippen LogP contribution in [0.25, 0.3) is 5.69 Å². The number of hydrogen-bond acceptors (Lipinski definition) is 7. The highest BCUT2D eigenvalue weighted by atomic mass is 16.6. The summed E-state index contributed by atoms with van der Waals surface area (Å²) < 4.78 is 6.57. The fraction of sp³-hybridized carbons (Fsp3) is 0.0667. The first-order valence-corrected chi connectivity index (χ1v) is 6.88. The molecule has 1 aromatic heterocycles. The highest BCUT2D eigenvalue weighted by molar-refractivity contribution is 5.90. The molecule has 0 unspecified atom stereocenters. The molecule has 3 aromatic rings. The van der Waals surface area contributed by atoms with Gasteiger partial charge in [0.1, 0.15) is 12.9 Å². The van der Waals surface area contributed by atoms with Crippen LogP contribution in [0.15, 0.2) is 54.9 Å². The van der Waals surface area contributed by atoms with Crippen molar-refractivity contribution in [3.05, 3.63) is 76.1 Å². The number of hydrogen-bond donors (Lipinski definition) is 0. The van der Waals surface area contributed by atoms with Gasteiger partial charge >= 0.3 is 5.97 Å². The van der Waals surface area contributed by atoms with Gasteiger partial charge in [-0.15, -0.1) is 5.10 Å². The molecular formula is C15H11N5O4. The number of esters is 1. The van der Waals surface area contributed by atoms with Gasteiger partial charge in [-0.25, -0.2) is 9.48 Å². The summed E-state index contributed by atoms with van der Waals surface area (Å²) in [6.45, 7) is -0.189. The van der Waals surface area contributed by atoms with Gasteiger partial charge in [0.15, 0.2) is 0 Å². The monoisotopic (exact) mass is 325 g/mol. The summed E-state index contributed by atoms with van der Waals surface area (Å²) in [5, 5.41) is 21.8. The lowest BCUT2D eigenvalue weighted by atomic mass is 10.2. The number of carbonyl (C=O) groups is 1. The van der Waals surface area contributed by atoms with Gasteiger partial charge in [-0.1, -0.05) is 18.2 Å². The number of nitro groups is 1. The van der Waals surface area contributed by atoms with E-state index in [1.807, 2.05) is 0 Å². The molecule has 9 nitrogen and oxygen atoms in total. The predicted octanol–water partition coefficient (Wildman–Crippen LogP) is 1.93. The minimum absolute atomic E-state index is 0.0901. The van der Waals surface area contributed by atoms with Crippen LogP contribution in [0.4, 0.5) is 5.69 Å². The van der Waals surface area contributed by atoms with Gasteiger partial charge in [0, 0.05) is 6.07 Å². The van der Waals surface area contributed by atoms with Gasteiger partial charge in [-0.05, 0) is 34.7 Å². The van der Waals surface area contributed by atoms with Crippen molar-refractivity contribution < 1.29 is 14.5 Å². The Bertz CT molecular complexity index is 879. The van der Waals surface area contributed by atoms with E-state index in [4.69, 9.17) is 4.74 Å². The number of tetrazole rings is 1. The van der Waals surface area contributed by atoms with Crippen LogP contribution in [0.3, 0.4) is 0 Å². The van der Waals surface area contributed by atoms with Crippen molar-refractivity contribution in [2.24, 2.45) is 0 Å². The first kappa shape index (κ1) is 15.3. The Balaban J connectivity index is 1.74. The van der Waals surface area contributed by atoms with Crippen molar-refractivity contribution in [3.8, 4) is 5.69 Å². The fourth-order valence-corrected chi connectivity index (χ4v) is 2.09. The largest absolute Gasteiger partial charge is 0.457 e. The number of para-hydroxylation sites is 1. The Morgan fingerprint density at radius 1 is 1.21 bits per heavy atom. The predicted molar refractivity (Wildman–Crippen MR) is 81.4 cm³/mol. The number of ether oxygens (including phenoxy) is 1. The Kier molecular flexibility index (Phi) is 4.23. The molecule has 24 heavy (non-hydrogen) atoms. The average molecular weight is 325 g/mol. The lowest BCUT2D eigenvalue weighted by molar-refractivity contribution is -0.385. The number of rotatable bonds is 5. The second-order valence-electron chi connectivity index (χ2n) is 4.77. The van der Waals surface area contributed by atoms with Gasteiger partial charge in [0.2, 0.25) is 0 Å². The normalized spacial score (nSPS) is 10.3. The maximum Gasteiger partial charge on any atom is 0.338 e. The van der Waals surface area contributed by atoms with Crippen LogP contribution < -0.4 is 0 Å². The smallest absolute Gasteiger partial charge is 0.338 e. The van der Waals surface area contributed by atoms with Crippen molar-refractivity contribution in [1.29, 1.82) is 0 Å². The van der Waals surface area contributed by atoms with E-state index in [1.165, 1.54) is 17.1 Å². The molecule has 0 aliphatic carbocycles. The van der Waals surface area contributed by atoms with Crippen LogP contribution in [-0.4, -0.2) is 31.1 Å².